The molecule has 6 nitrogen and oxygen atoms in total. The predicted octanol–water partition coefficient (Wildman–Crippen LogP) is 4.35. The van der Waals surface area contributed by atoms with E-state index in [1.165, 1.54) is 13.0 Å². The Kier molecular flexibility index (Phi) is 4.40. The zero-order chi connectivity index (χ0) is 21.8. The Morgan fingerprint density at radius 3 is 2.37 bits per heavy atom. The fourth-order valence-electron chi connectivity index (χ4n) is 3.16. The fraction of sp³-hybridized carbons (Fsp3) is 0.158. The van der Waals surface area contributed by atoms with Gasteiger partial charge in [0.1, 0.15) is 23.2 Å². The lowest BCUT2D eigenvalue weighted by Gasteiger charge is -2.15. The van der Waals surface area contributed by atoms with Gasteiger partial charge < -0.3 is 5.73 Å². The molecule has 0 bridgehead atoms. The van der Waals surface area contributed by atoms with Gasteiger partial charge in [0.25, 0.3) is 0 Å². The van der Waals surface area contributed by atoms with Crippen LogP contribution in [-0.2, 0) is 6.18 Å². The van der Waals surface area contributed by atoms with Crippen molar-refractivity contribution >= 4 is 11.6 Å². The Hall–Kier alpha value is -3.63. The second kappa shape index (κ2) is 6.71. The van der Waals surface area contributed by atoms with Crippen LogP contribution < -0.4 is 5.73 Å². The van der Waals surface area contributed by atoms with Crippen molar-refractivity contribution in [2.24, 2.45) is 0 Å². The summed E-state index contributed by atoms with van der Waals surface area (Å²) in [7, 11) is 0. The van der Waals surface area contributed by atoms with E-state index in [4.69, 9.17) is 5.73 Å². The molecule has 4 rings (SSSR count). The lowest BCUT2D eigenvalue weighted by Crippen LogP contribution is -2.10. The summed E-state index contributed by atoms with van der Waals surface area (Å²) in [5, 5.41) is 4.09. The number of alkyl halides is 3. The van der Waals surface area contributed by atoms with Crippen LogP contribution in [0.25, 0.3) is 28.0 Å². The van der Waals surface area contributed by atoms with Crippen LogP contribution in [0.5, 0.6) is 0 Å². The molecule has 11 heteroatoms. The number of hydrogen-bond acceptors (Lipinski definition) is 5. The van der Waals surface area contributed by atoms with Crippen LogP contribution in [0.4, 0.5) is 27.9 Å². The quantitative estimate of drug-likeness (QED) is 0.488. The van der Waals surface area contributed by atoms with Crippen molar-refractivity contribution in [3.63, 3.8) is 0 Å². The molecule has 0 aliphatic heterocycles. The van der Waals surface area contributed by atoms with Crippen LogP contribution in [0.3, 0.4) is 0 Å². The Bertz CT molecular complexity index is 1300. The molecule has 0 saturated carbocycles. The van der Waals surface area contributed by atoms with Crippen molar-refractivity contribution in [3.05, 3.63) is 59.2 Å². The second-order valence-corrected chi connectivity index (χ2v) is 6.59. The largest absolute Gasteiger partial charge is 0.433 e. The van der Waals surface area contributed by atoms with Crippen LogP contribution in [0.1, 0.15) is 17.2 Å². The summed E-state index contributed by atoms with van der Waals surface area (Å²) in [6.45, 7) is 2.96. The second-order valence-electron chi connectivity index (χ2n) is 6.59. The molecule has 1 aromatic carbocycles. The highest BCUT2D eigenvalue weighted by Crippen LogP contribution is 2.38. The third-order valence-electron chi connectivity index (χ3n) is 4.34. The van der Waals surface area contributed by atoms with Gasteiger partial charge >= 0.3 is 6.18 Å². The monoisotopic (exact) mass is 420 g/mol. The van der Waals surface area contributed by atoms with E-state index < -0.39 is 23.5 Å². The van der Waals surface area contributed by atoms with Crippen molar-refractivity contribution in [1.82, 2.24) is 24.6 Å². The summed E-state index contributed by atoms with van der Waals surface area (Å²) in [5.41, 5.74) is 4.81. The number of hydrogen-bond donors (Lipinski definition) is 1. The maximum absolute atomic E-state index is 14.6. The maximum Gasteiger partial charge on any atom is 0.433 e. The van der Waals surface area contributed by atoms with E-state index in [1.807, 2.05) is 0 Å². The van der Waals surface area contributed by atoms with Crippen molar-refractivity contribution in [2.75, 3.05) is 5.73 Å². The summed E-state index contributed by atoms with van der Waals surface area (Å²) in [6, 6.07) is 4.99. The Morgan fingerprint density at radius 1 is 0.967 bits per heavy atom. The first-order valence-electron chi connectivity index (χ1n) is 8.59. The molecule has 0 amide bonds. The van der Waals surface area contributed by atoms with Gasteiger partial charge in [-0.25, -0.2) is 23.7 Å². The average molecular weight is 420 g/mol. The first-order valence-corrected chi connectivity index (χ1v) is 8.59. The van der Waals surface area contributed by atoms with Crippen molar-refractivity contribution in [3.8, 4) is 22.4 Å². The first kappa shape index (κ1) is 19.7. The summed E-state index contributed by atoms with van der Waals surface area (Å²) >= 11 is 0. The highest BCUT2D eigenvalue weighted by Gasteiger charge is 2.34. The van der Waals surface area contributed by atoms with E-state index in [1.54, 1.807) is 6.92 Å². The van der Waals surface area contributed by atoms with Crippen LogP contribution in [0.2, 0.25) is 0 Å². The van der Waals surface area contributed by atoms with E-state index in [0.717, 1.165) is 22.7 Å². The molecule has 0 atom stereocenters. The molecule has 30 heavy (non-hydrogen) atoms. The van der Waals surface area contributed by atoms with E-state index in [-0.39, 0.29) is 45.5 Å². The minimum atomic E-state index is -4.71. The van der Waals surface area contributed by atoms with E-state index in [9.17, 15) is 22.0 Å². The molecule has 2 N–H and O–H groups in total. The average Bonchev–Trinajstić information content (AvgIpc) is 3.02. The number of anilines is 1. The van der Waals surface area contributed by atoms with Gasteiger partial charge in [0, 0.05) is 17.3 Å². The van der Waals surface area contributed by atoms with Gasteiger partial charge in [-0.1, -0.05) is 0 Å². The molecule has 0 fully saturated rings. The van der Waals surface area contributed by atoms with E-state index in [2.05, 4.69) is 20.1 Å². The van der Waals surface area contributed by atoms with Crippen molar-refractivity contribution in [2.45, 2.75) is 20.0 Å². The molecule has 0 radical (unpaired) electrons. The molecule has 0 saturated heterocycles. The highest BCUT2D eigenvalue weighted by molar-refractivity contribution is 5.91. The predicted molar refractivity (Wildman–Crippen MR) is 98.3 cm³/mol. The molecular formula is C19H13F5N6. The number of fused-ring (bicyclic) bond motifs is 1. The third kappa shape index (κ3) is 3.31. The minimum Gasteiger partial charge on any atom is -0.368 e. The van der Waals surface area contributed by atoms with Crippen LogP contribution >= 0.6 is 0 Å². The van der Waals surface area contributed by atoms with Gasteiger partial charge in [0.2, 0.25) is 5.95 Å². The van der Waals surface area contributed by atoms with E-state index >= 15 is 0 Å². The zero-order valence-electron chi connectivity index (χ0n) is 15.6. The number of halogens is 5. The summed E-state index contributed by atoms with van der Waals surface area (Å²) in [5.74, 6) is -1.65. The Labute approximate surface area is 166 Å². The number of aryl methyl sites for hydroxylation is 2. The van der Waals surface area contributed by atoms with E-state index in [0.29, 0.717) is 6.07 Å². The van der Waals surface area contributed by atoms with Crippen molar-refractivity contribution < 1.29 is 22.0 Å². The molecule has 3 aromatic heterocycles. The van der Waals surface area contributed by atoms with Gasteiger partial charge in [-0.2, -0.15) is 17.7 Å². The molecule has 0 unspecified atom stereocenters. The normalized spacial score (nSPS) is 12.0. The molecule has 3 heterocycles. The van der Waals surface area contributed by atoms with Crippen molar-refractivity contribution in [1.29, 1.82) is 0 Å². The number of nitrogens with two attached hydrogens (primary N) is 1. The molecule has 0 aliphatic carbocycles. The molecule has 0 spiro atoms. The number of benzene rings is 1. The summed E-state index contributed by atoms with van der Waals surface area (Å²) in [4.78, 5) is 11.9. The number of nitrogen functional groups attached to an aromatic ring is 1. The van der Waals surface area contributed by atoms with Gasteiger partial charge in [-0.15, -0.1) is 5.10 Å². The summed E-state index contributed by atoms with van der Waals surface area (Å²) < 4.78 is 69.2. The van der Waals surface area contributed by atoms with Gasteiger partial charge in [0.05, 0.1) is 11.3 Å². The third-order valence-corrected chi connectivity index (χ3v) is 4.34. The SMILES string of the molecule is Cc1cc(-c2c(-c3ccc(F)cc3F)nc(N)n3nc(C)nc23)cc(C(F)(F)F)n1. The smallest absolute Gasteiger partial charge is 0.368 e. The maximum atomic E-state index is 14.6. The topological polar surface area (TPSA) is 82.0 Å². The fourth-order valence-corrected chi connectivity index (χ4v) is 3.16. The molecule has 0 aliphatic rings. The van der Waals surface area contributed by atoms with Crippen LogP contribution in [0.15, 0.2) is 30.3 Å². The van der Waals surface area contributed by atoms with Crippen LogP contribution in [-0.4, -0.2) is 24.6 Å². The minimum absolute atomic E-state index is 0.0402. The zero-order valence-corrected chi connectivity index (χ0v) is 15.6. The van der Waals surface area contributed by atoms with Gasteiger partial charge in [-0.05, 0) is 43.7 Å². The highest BCUT2D eigenvalue weighted by atomic mass is 19.4. The lowest BCUT2D eigenvalue weighted by molar-refractivity contribution is -0.141. The molecular weight excluding hydrogens is 407 g/mol. The standard InChI is InChI=1S/C19H13F5N6/c1-8-5-10(6-14(26-8)19(22,23)24)15-16(12-4-3-11(20)7-13(12)21)28-18(25)30-17(15)27-9(2)29-30/h3-7H,1-2H3,(H2,25,28). The Morgan fingerprint density at radius 2 is 1.70 bits per heavy atom. The lowest BCUT2D eigenvalue weighted by atomic mass is 9.99. The number of aromatic nitrogens is 5. The van der Waals surface area contributed by atoms with Crippen LogP contribution in [0, 0.1) is 25.5 Å². The number of pyridine rings is 1. The number of rotatable bonds is 2. The Balaban J connectivity index is 2.13. The van der Waals surface area contributed by atoms with Gasteiger partial charge in [0.15, 0.2) is 5.65 Å². The summed E-state index contributed by atoms with van der Waals surface area (Å²) in [6.07, 6.45) is -4.71. The number of nitrogens with zero attached hydrogens (tertiary/aromatic N) is 5. The molecule has 4 aromatic rings. The van der Waals surface area contributed by atoms with Gasteiger partial charge in [-0.3, -0.25) is 0 Å². The molecule has 154 valence electrons. The first-order chi connectivity index (χ1) is 14.0.